The highest BCUT2D eigenvalue weighted by Gasteiger charge is 2.11. The maximum absolute atomic E-state index is 10.3. The van der Waals surface area contributed by atoms with Crippen molar-refractivity contribution in [3.8, 4) is 11.5 Å². The van der Waals surface area contributed by atoms with Gasteiger partial charge in [0.15, 0.2) is 5.75 Å². The van der Waals surface area contributed by atoms with Crippen molar-refractivity contribution >= 4 is 65.3 Å². The maximum atomic E-state index is 10.3. The fourth-order valence-corrected chi connectivity index (χ4v) is 3.67. The summed E-state index contributed by atoms with van der Waals surface area (Å²) in [5.41, 5.74) is 9.58. The van der Waals surface area contributed by atoms with Crippen LogP contribution in [-0.2, 0) is 0 Å². The number of nitrogen functional groups attached to an aromatic ring is 1. The van der Waals surface area contributed by atoms with E-state index < -0.39 is 4.92 Å². The zero-order chi connectivity index (χ0) is 26.1. The molecule has 0 saturated heterocycles. The van der Waals surface area contributed by atoms with Gasteiger partial charge in [-0.25, -0.2) is 9.97 Å². The number of halogens is 2. The summed E-state index contributed by atoms with van der Waals surface area (Å²) in [6.45, 7) is 0. The van der Waals surface area contributed by atoms with E-state index >= 15 is 0 Å². The van der Waals surface area contributed by atoms with Crippen LogP contribution in [0, 0.1) is 10.1 Å². The molecule has 0 radical (unpaired) electrons. The van der Waals surface area contributed by atoms with Crippen LogP contribution in [0.2, 0.25) is 0 Å². The Morgan fingerprint density at radius 1 is 0.750 bits per heavy atom. The number of nitrogens with two attached hydrogens (primary N) is 1. The predicted octanol–water partition coefficient (Wildman–Crippen LogP) is 7.19. The summed E-state index contributed by atoms with van der Waals surface area (Å²) in [5.74, 6) is 1.04. The topological polar surface area (TPSA) is 113 Å². The second-order valence-corrected chi connectivity index (χ2v) is 9.00. The molecule has 4 aromatic carbocycles. The number of fused-ring (bicyclic) bond motifs is 2. The van der Waals surface area contributed by atoms with Crippen LogP contribution in [0.4, 0.5) is 11.4 Å². The summed E-state index contributed by atoms with van der Waals surface area (Å²) in [7, 11) is 3.05. The molecular weight excluding hydrogens is 592 g/mol. The molecule has 0 aliphatic heterocycles. The first-order chi connectivity index (χ1) is 17.3. The van der Waals surface area contributed by atoms with Crippen LogP contribution in [0.25, 0.3) is 22.1 Å². The monoisotopic (exact) mass is 612 g/mol. The Morgan fingerprint density at radius 3 is 2.00 bits per heavy atom. The van der Waals surface area contributed by atoms with Crippen LogP contribution >= 0.6 is 31.9 Å². The molecule has 1 aromatic heterocycles. The van der Waals surface area contributed by atoms with Gasteiger partial charge in [-0.2, -0.15) is 0 Å². The summed E-state index contributed by atoms with van der Waals surface area (Å²) >= 11 is 6.72. The lowest BCUT2D eigenvalue weighted by atomic mass is 10.2. The van der Waals surface area contributed by atoms with E-state index in [4.69, 9.17) is 15.2 Å². The van der Waals surface area contributed by atoms with Gasteiger partial charge in [0.25, 0.3) is 0 Å². The van der Waals surface area contributed by atoms with Gasteiger partial charge in [0.2, 0.25) is 0 Å². The van der Waals surface area contributed by atoms with E-state index in [0.717, 1.165) is 42.4 Å². The fourth-order valence-electron chi connectivity index (χ4n) is 3.05. The minimum Gasteiger partial charge on any atom is -0.494 e. The Kier molecular flexibility index (Phi) is 9.54. The number of nitro benzene ring substituents is 1. The van der Waals surface area contributed by atoms with Crippen molar-refractivity contribution in [3.05, 3.63) is 104 Å². The number of nitrogens with zero attached hydrogens (tertiary/aromatic N) is 3. The third kappa shape index (κ3) is 7.12. The minimum atomic E-state index is -0.473. The number of hydrogen-bond acceptors (Lipinski definition) is 7. The molecule has 10 heteroatoms. The summed E-state index contributed by atoms with van der Waals surface area (Å²) in [4.78, 5) is 19.0. The molecule has 0 unspecified atom stereocenters. The molecule has 8 nitrogen and oxygen atoms in total. The number of para-hydroxylation sites is 3. The molecule has 5 rings (SSSR count). The van der Waals surface area contributed by atoms with Crippen LogP contribution in [0.3, 0.4) is 0 Å². The SMILES string of the molecule is COc1cccc2nc3ccc(Br)cc3nc12.COc1ccccc1[N+](=O)[O-].Nc1ccc(Br)cc1. The normalized spacial score (nSPS) is 10.0. The fraction of sp³-hybridized carbons (Fsp3) is 0.0769. The average Bonchev–Trinajstić information content (AvgIpc) is 2.89. The minimum absolute atomic E-state index is 0.00463. The van der Waals surface area contributed by atoms with Crippen molar-refractivity contribution in [1.29, 1.82) is 0 Å². The van der Waals surface area contributed by atoms with Gasteiger partial charge < -0.3 is 15.2 Å². The van der Waals surface area contributed by atoms with Crippen molar-refractivity contribution in [2.45, 2.75) is 0 Å². The standard InChI is InChI=1S/C13H9BrN2O.C7H7NO3.C6H6BrN/c1-17-12-4-2-3-10-13(12)16-11-7-8(14)5-6-9(11)15-10;1-11-7-5-3-2-4-6(7)8(9)10;7-5-1-3-6(8)4-2-5/h2-7H,1H3;2-5H,1H3;1-4H,8H2. The largest absolute Gasteiger partial charge is 0.494 e. The van der Waals surface area contributed by atoms with Crippen LogP contribution in [0.1, 0.15) is 0 Å². The van der Waals surface area contributed by atoms with Gasteiger partial charge in [0.1, 0.15) is 11.3 Å². The molecular formula is C26H22Br2N4O4. The summed E-state index contributed by atoms with van der Waals surface area (Å²) in [5, 5.41) is 10.3. The van der Waals surface area contributed by atoms with E-state index in [2.05, 4.69) is 41.8 Å². The smallest absolute Gasteiger partial charge is 0.310 e. The van der Waals surface area contributed by atoms with Crippen molar-refractivity contribution < 1.29 is 14.4 Å². The van der Waals surface area contributed by atoms with Gasteiger partial charge in [-0.3, -0.25) is 10.1 Å². The molecule has 184 valence electrons. The molecule has 36 heavy (non-hydrogen) atoms. The molecule has 2 N–H and O–H groups in total. The summed E-state index contributed by atoms with van der Waals surface area (Å²) in [6.07, 6.45) is 0. The number of nitro groups is 1. The van der Waals surface area contributed by atoms with Crippen molar-refractivity contribution in [3.63, 3.8) is 0 Å². The van der Waals surface area contributed by atoms with Crippen molar-refractivity contribution in [1.82, 2.24) is 9.97 Å². The molecule has 5 aromatic rings. The van der Waals surface area contributed by atoms with Crippen molar-refractivity contribution in [2.75, 3.05) is 20.0 Å². The van der Waals surface area contributed by atoms with E-state index in [1.165, 1.54) is 13.2 Å². The highest BCUT2D eigenvalue weighted by molar-refractivity contribution is 9.10. The first-order valence-electron chi connectivity index (χ1n) is 10.5. The van der Waals surface area contributed by atoms with Crippen molar-refractivity contribution in [2.24, 2.45) is 0 Å². The van der Waals surface area contributed by atoms with E-state index in [1.54, 1.807) is 25.3 Å². The number of methoxy groups -OCH3 is 2. The Morgan fingerprint density at radius 2 is 1.39 bits per heavy atom. The second kappa shape index (κ2) is 12.8. The molecule has 0 saturated carbocycles. The quantitative estimate of drug-likeness (QED) is 0.0991. The van der Waals surface area contributed by atoms with E-state index in [0.29, 0.717) is 0 Å². The molecule has 0 atom stereocenters. The third-order valence-corrected chi connectivity index (χ3v) is 5.78. The molecule has 0 bridgehead atoms. The third-order valence-electron chi connectivity index (χ3n) is 4.76. The Hall–Kier alpha value is -3.76. The molecule has 0 spiro atoms. The Balaban J connectivity index is 0.000000164. The van der Waals surface area contributed by atoms with Crippen LogP contribution in [0.5, 0.6) is 11.5 Å². The van der Waals surface area contributed by atoms with E-state index in [1.807, 2.05) is 60.7 Å². The number of ether oxygens (including phenoxy) is 2. The van der Waals surface area contributed by atoms with Gasteiger partial charge in [-0.15, -0.1) is 0 Å². The molecule has 0 aliphatic carbocycles. The van der Waals surface area contributed by atoms with Crippen LogP contribution < -0.4 is 15.2 Å². The summed E-state index contributed by atoms with van der Waals surface area (Å²) < 4.78 is 12.1. The Labute approximate surface area is 224 Å². The zero-order valence-corrected chi connectivity index (χ0v) is 22.6. The molecule has 1 heterocycles. The summed E-state index contributed by atoms with van der Waals surface area (Å²) in [6, 6.07) is 25.4. The molecule has 0 amide bonds. The Bertz CT molecular complexity index is 1460. The first-order valence-corrected chi connectivity index (χ1v) is 12.1. The zero-order valence-electron chi connectivity index (χ0n) is 19.4. The number of benzene rings is 4. The van der Waals surface area contributed by atoms with E-state index in [-0.39, 0.29) is 11.4 Å². The lowest BCUT2D eigenvalue weighted by Gasteiger charge is -2.05. The van der Waals surface area contributed by atoms with Gasteiger partial charge >= 0.3 is 5.69 Å². The number of rotatable bonds is 3. The number of hydrogen-bond donors (Lipinski definition) is 1. The molecule has 0 fully saturated rings. The number of aromatic nitrogens is 2. The van der Waals surface area contributed by atoms with E-state index in [9.17, 15) is 10.1 Å². The first kappa shape index (κ1) is 26.8. The predicted molar refractivity (Wildman–Crippen MR) is 149 cm³/mol. The lowest BCUT2D eigenvalue weighted by Crippen LogP contribution is -1.92. The highest BCUT2D eigenvalue weighted by atomic mass is 79.9. The number of anilines is 1. The van der Waals surface area contributed by atoms with Crippen LogP contribution in [-0.4, -0.2) is 29.1 Å². The average molecular weight is 614 g/mol. The molecule has 0 aliphatic rings. The van der Waals surface area contributed by atoms with Gasteiger partial charge in [0.05, 0.1) is 35.7 Å². The second-order valence-electron chi connectivity index (χ2n) is 7.17. The van der Waals surface area contributed by atoms with Crippen LogP contribution in [0.15, 0.2) is 93.9 Å². The maximum Gasteiger partial charge on any atom is 0.310 e. The highest BCUT2D eigenvalue weighted by Crippen LogP contribution is 2.26. The van der Waals surface area contributed by atoms with Gasteiger partial charge in [-0.1, -0.05) is 50.1 Å². The van der Waals surface area contributed by atoms with Gasteiger partial charge in [-0.05, 0) is 60.7 Å². The lowest BCUT2D eigenvalue weighted by molar-refractivity contribution is -0.385. The van der Waals surface area contributed by atoms with Gasteiger partial charge in [0, 0.05) is 20.7 Å².